The monoisotopic (exact) mass is 421 g/mol. The summed E-state index contributed by atoms with van der Waals surface area (Å²) in [5.74, 6) is -1.09. The van der Waals surface area contributed by atoms with Crippen LogP contribution in [0.1, 0.15) is 27.4 Å². The Morgan fingerprint density at radius 2 is 2.00 bits per heavy atom. The Balaban J connectivity index is 0.000000253. The normalized spacial score (nSPS) is 10.4. The Labute approximate surface area is 167 Å². The van der Waals surface area contributed by atoms with E-state index in [4.69, 9.17) is 16.1 Å². The van der Waals surface area contributed by atoms with Gasteiger partial charge < -0.3 is 16.2 Å². The lowest BCUT2D eigenvalue weighted by Gasteiger charge is -2.09. The topological polar surface area (TPSA) is 125 Å². The van der Waals surface area contributed by atoms with E-state index in [1.807, 2.05) is 6.07 Å². The molecule has 0 bridgehead atoms. The standard InChI is InChI=1S/C14H11N3O2.C4H3F3N2S/c1-9-5-6-12(13(16-9)14(18)19)17-11-4-2-3-10(7-11)8-15;5-4(6,7)2-1-10-3(8)9-2/h2-7,17H,1H3,(H,18,19);1H,(H2,8,9). The molecule has 150 valence electrons. The van der Waals surface area contributed by atoms with Gasteiger partial charge in [-0.15, -0.1) is 11.3 Å². The van der Waals surface area contributed by atoms with Crippen molar-refractivity contribution in [3.63, 3.8) is 0 Å². The molecular weight excluding hydrogens is 407 g/mol. The van der Waals surface area contributed by atoms with Crippen LogP contribution < -0.4 is 11.1 Å². The Hall–Kier alpha value is -3.65. The molecule has 2 heterocycles. The number of hydrogen-bond acceptors (Lipinski definition) is 7. The molecule has 29 heavy (non-hydrogen) atoms. The van der Waals surface area contributed by atoms with Gasteiger partial charge in [-0.05, 0) is 37.3 Å². The van der Waals surface area contributed by atoms with E-state index in [1.54, 1.807) is 43.3 Å². The number of nitrogens with one attached hydrogen (secondary N) is 1. The number of benzene rings is 1. The molecule has 0 spiro atoms. The van der Waals surface area contributed by atoms with Crippen molar-refractivity contribution >= 4 is 33.8 Å². The molecule has 0 aliphatic rings. The number of nitrogens with two attached hydrogens (primary N) is 1. The molecule has 4 N–H and O–H groups in total. The average Bonchev–Trinajstić information content (AvgIpc) is 3.11. The van der Waals surface area contributed by atoms with Crippen LogP contribution in [0.5, 0.6) is 0 Å². The van der Waals surface area contributed by atoms with Crippen molar-refractivity contribution in [1.82, 2.24) is 9.97 Å². The summed E-state index contributed by atoms with van der Waals surface area (Å²) in [6.45, 7) is 1.73. The van der Waals surface area contributed by atoms with E-state index in [0.717, 1.165) is 16.7 Å². The van der Waals surface area contributed by atoms with Crippen LogP contribution in [-0.2, 0) is 6.18 Å². The van der Waals surface area contributed by atoms with Gasteiger partial charge in [-0.3, -0.25) is 0 Å². The van der Waals surface area contributed by atoms with E-state index in [-0.39, 0.29) is 10.8 Å². The van der Waals surface area contributed by atoms with Gasteiger partial charge in [-0.2, -0.15) is 18.4 Å². The fraction of sp³-hybridized carbons (Fsp3) is 0.111. The van der Waals surface area contributed by atoms with Gasteiger partial charge in [0.2, 0.25) is 0 Å². The van der Waals surface area contributed by atoms with Crippen LogP contribution in [0.25, 0.3) is 0 Å². The molecule has 1 aromatic carbocycles. The molecule has 0 aliphatic heterocycles. The first-order valence-electron chi connectivity index (χ1n) is 7.86. The number of nitrogen functional groups attached to an aromatic ring is 1. The Kier molecular flexibility index (Phi) is 6.74. The zero-order chi connectivity index (χ0) is 21.6. The lowest BCUT2D eigenvalue weighted by Crippen LogP contribution is -2.06. The SMILES string of the molecule is Cc1ccc(Nc2cccc(C#N)c2)c(C(=O)O)n1.Nc1nc(C(F)(F)F)cs1. The summed E-state index contributed by atoms with van der Waals surface area (Å²) < 4.78 is 35.1. The summed E-state index contributed by atoms with van der Waals surface area (Å²) in [6, 6.07) is 12.2. The fourth-order valence-corrected chi connectivity index (χ4v) is 2.63. The highest BCUT2D eigenvalue weighted by Crippen LogP contribution is 2.30. The minimum Gasteiger partial charge on any atom is -0.476 e. The summed E-state index contributed by atoms with van der Waals surface area (Å²) in [7, 11) is 0. The van der Waals surface area contributed by atoms with Crippen LogP contribution in [-0.4, -0.2) is 21.0 Å². The van der Waals surface area contributed by atoms with E-state index in [9.17, 15) is 18.0 Å². The molecule has 0 fully saturated rings. The minimum atomic E-state index is -4.37. The molecule has 0 amide bonds. The zero-order valence-corrected chi connectivity index (χ0v) is 15.7. The van der Waals surface area contributed by atoms with Gasteiger partial charge in [0.05, 0.1) is 17.3 Å². The number of halogens is 3. The molecule has 0 saturated heterocycles. The summed E-state index contributed by atoms with van der Waals surface area (Å²) in [5.41, 5.74) is 6.20. The number of aromatic nitrogens is 2. The molecule has 0 aliphatic carbocycles. The van der Waals surface area contributed by atoms with Crippen LogP contribution in [0.15, 0.2) is 41.8 Å². The number of carboxylic acid groups (broad SMARTS) is 1. The lowest BCUT2D eigenvalue weighted by molar-refractivity contribution is -0.140. The third-order valence-electron chi connectivity index (χ3n) is 3.32. The molecule has 2 aromatic heterocycles. The Morgan fingerprint density at radius 1 is 1.28 bits per heavy atom. The fourth-order valence-electron chi connectivity index (χ4n) is 2.06. The number of pyridine rings is 1. The van der Waals surface area contributed by atoms with Crippen molar-refractivity contribution in [2.45, 2.75) is 13.1 Å². The number of nitriles is 1. The van der Waals surface area contributed by atoms with Crippen LogP contribution in [0.2, 0.25) is 0 Å². The van der Waals surface area contributed by atoms with Crippen molar-refractivity contribution in [2.24, 2.45) is 0 Å². The summed E-state index contributed by atoms with van der Waals surface area (Å²) in [4.78, 5) is 18.2. The number of aryl methyl sites for hydroxylation is 1. The number of nitrogens with zero attached hydrogens (tertiary/aromatic N) is 3. The van der Waals surface area contributed by atoms with Crippen LogP contribution in [0.3, 0.4) is 0 Å². The highest BCUT2D eigenvalue weighted by Gasteiger charge is 2.33. The van der Waals surface area contributed by atoms with Gasteiger partial charge in [0.1, 0.15) is 0 Å². The van der Waals surface area contributed by atoms with Crippen molar-refractivity contribution in [1.29, 1.82) is 5.26 Å². The van der Waals surface area contributed by atoms with Crippen LogP contribution >= 0.6 is 11.3 Å². The Bertz CT molecular complexity index is 1060. The van der Waals surface area contributed by atoms with E-state index < -0.39 is 17.8 Å². The van der Waals surface area contributed by atoms with Crippen molar-refractivity contribution in [3.8, 4) is 6.07 Å². The number of carboxylic acids is 1. The van der Waals surface area contributed by atoms with Gasteiger partial charge >= 0.3 is 12.1 Å². The second-order valence-corrected chi connectivity index (χ2v) is 6.43. The van der Waals surface area contributed by atoms with Gasteiger partial charge in [-0.1, -0.05) is 6.07 Å². The van der Waals surface area contributed by atoms with Gasteiger partial charge in [-0.25, -0.2) is 14.8 Å². The maximum atomic E-state index is 11.7. The zero-order valence-electron chi connectivity index (χ0n) is 14.9. The first kappa shape index (κ1) is 21.6. The summed E-state index contributed by atoms with van der Waals surface area (Å²) in [5, 5.41) is 21.7. The van der Waals surface area contributed by atoms with E-state index >= 15 is 0 Å². The smallest absolute Gasteiger partial charge is 0.434 e. The molecule has 3 aromatic rings. The molecule has 0 radical (unpaired) electrons. The maximum Gasteiger partial charge on any atom is 0.434 e. The first-order chi connectivity index (χ1) is 13.6. The minimum absolute atomic E-state index is 0.0395. The Morgan fingerprint density at radius 3 is 2.52 bits per heavy atom. The predicted octanol–water partition coefficient (Wildman–Crippen LogP) is 4.45. The summed E-state index contributed by atoms with van der Waals surface area (Å²) >= 11 is 0.778. The predicted molar refractivity (Wildman–Crippen MR) is 102 cm³/mol. The molecule has 0 saturated carbocycles. The highest BCUT2D eigenvalue weighted by molar-refractivity contribution is 7.13. The number of carbonyl (C=O) groups is 1. The highest BCUT2D eigenvalue weighted by atomic mass is 32.1. The van der Waals surface area contributed by atoms with Crippen LogP contribution in [0.4, 0.5) is 29.7 Å². The van der Waals surface area contributed by atoms with E-state index in [1.165, 1.54) is 0 Å². The van der Waals surface area contributed by atoms with Gasteiger partial charge in [0.15, 0.2) is 16.5 Å². The van der Waals surface area contributed by atoms with Crippen LogP contribution in [0, 0.1) is 18.3 Å². The lowest BCUT2D eigenvalue weighted by atomic mass is 10.2. The molecule has 0 atom stereocenters. The van der Waals surface area contributed by atoms with Crippen molar-refractivity contribution < 1.29 is 23.1 Å². The first-order valence-corrected chi connectivity index (χ1v) is 8.74. The number of thiazole rings is 1. The molecule has 7 nitrogen and oxygen atoms in total. The number of anilines is 3. The van der Waals surface area contributed by atoms with E-state index in [2.05, 4.69) is 15.3 Å². The average molecular weight is 421 g/mol. The quantitative estimate of drug-likeness (QED) is 0.571. The van der Waals surface area contributed by atoms with Crippen molar-refractivity contribution in [2.75, 3.05) is 11.1 Å². The van der Waals surface area contributed by atoms with Gasteiger partial charge in [0, 0.05) is 16.8 Å². The number of alkyl halides is 3. The molecular formula is C18H14F3N5O2S. The van der Waals surface area contributed by atoms with Gasteiger partial charge in [0.25, 0.3) is 0 Å². The summed E-state index contributed by atoms with van der Waals surface area (Å²) in [6.07, 6.45) is -4.37. The number of hydrogen-bond donors (Lipinski definition) is 3. The second-order valence-electron chi connectivity index (χ2n) is 5.54. The molecule has 11 heteroatoms. The third-order valence-corrected chi connectivity index (χ3v) is 3.99. The number of rotatable bonds is 3. The third kappa shape index (κ3) is 6.18. The second kappa shape index (κ2) is 9.03. The molecule has 3 rings (SSSR count). The largest absolute Gasteiger partial charge is 0.476 e. The van der Waals surface area contributed by atoms with Crippen molar-refractivity contribution in [3.05, 3.63) is 64.4 Å². The molecule has 0 unspecified atom stereocenters. The maximum absolute atomic E-state index is 11.7. The number of aromatic carboxylic acids is 1. The van der Waals surface area contributed by atoms with E-state index in [0.29, 0.717) is 22.6 Å².